The number of hydrogen-bond acceptors (Lipinski definition) is 1. The van der Waals surface area contributed by atoms with Crippen LogP contribution >= 0.6 is 0 Å². The molecular weight excluding hydrogens is 172 g/mol. The van der Waals surface area contributed by atoms with E-state index in [4.69, 9.17) is 0 Å². The molecule has 0 atom stereocenters. The molecule has 2 nitrogen and oxygen atoms in total. The molecule has 0 bridgehead atoms. The van der Waals surface area contributed by atoms with Gasteiger partial charge in [-0.3, -0.25) is 4.68 Å². The zero-order chi connectivity index (χ0) is 10.3. The average molecular weight is 192 g/mol. The summed E-state index contributed by atoms with van der Waals surface area (Å²) in [5.41, 5.74) is 2.90. The van der Waals surface area contributed by atoms with E-state index in [1.807, 2.05) is 0 Å². The van der Waals surface area contributed by atoms with E-state index in [1.54, 1.807) is 0 Å². The lowest BCUT2D eigenvalue weighted by Gasteiger charge is -2.13. The van der Waals surface area contributed by atoms with Crippen LogP contribution in [0.2, 0.25) is 0 Å². The van der Waals surface area contributed by atoms with Crippen LogP contribution in [0.3, 0.4) is 0 Å². The molecule has 1 aromatic rings. The monoisotopic (exact) mass is 192 g/mol. The lowest BCUT2D eigenvalue weighted by molar-refractivity contribution is 0.578. The quantitative estimate of drug-likeness (QED) is 0.717. The van der Waals surface area contributed by atoms with E-state index < -0.39 is 0 Å². The van der Waals surface area contributed by atoms with Gasteiger partial charge < -0.3 is 0 Å². The largest absolute Gasteiger partial charge is 0.266 e. The molecule has 0 aromatic carbocycles. The molecule has 2 rings (SSSR count). The van der Waals surface area contributed by atoms with E-state index in [0.717, 1.165) is 0 Å². The second-order valence-electron chi connectivity index (χ2n) is 4.97. The molecule has 1 saturated carbocycles. The van der Waals surface area contributed by atoms with Crippen LogP contribution in [-0.2, 0) is 0 Å². The first-order chi connectivity index (χ1) is 6.61. The van der Waals surface area contributed by atoms with Crippen LogP contribution in [0.25, 0.3) is 0 Å². The van der Waals surface area contributed by atoms with Gasteiger partial charge in [0.15, 0.2) is 0 Å². The Labute approximate surface area is 86.3 Å². The summed E-state index contributed by atoms with van der Waals surface area (Å²) < 4.78 is 2.26. The molecule has 1 aliphatic rings. The molecule has 0 radical (unpaired) electrons. The van der Waals surface area contributed by atoms with Gasteiger partial charge in [0.2, 0.25) is 0 Å². The number of nitrogens with zero attached hydrogens (tertiary/aromatic N) is 2. The van der Waals surface area contributed by atoms with Crippen LogP contribution in [-0.4, -0.2) is 9.78 Å². The minimum Gasteiger partial charge on any atom is -0.266 e. The van der Waals surface area contributed by atoms with E-state index in [9.17, 15) is 0 Å². The van der Waals surface area contributed by atoms with Crippen molar-refractivity contribution in [3.8, 4) is 0 Å². The Hall–Kier alpha value is -0.790. The summed E-state index contributed by atoms with van der Waals surface area (Å²) in [5, 5.41) is 4.54. The molecule has 14 heavy (non-hydrogen) atoms. The highest BCUT2D eigenvalue weighted by Crippen LogP contribution is 2.38. The number of rotatable bonds is 3. The fraction of sp³-hybridized carbons (Fsp3) is 0.750. The Balaban J connectivity index is 2.41. The Bertz CT molecular complexity index is 300. The van der Waals surface area contributed by atoms with E-state index in [1.165, 1.54) is 24.1 Å². The second-order valence-corrected chi connectivity index (χ2v) is 4.97. The first-order valence-electron chi connectivity index (χ1n) is 5.68. The van der Waals surface area contributed by atoms with Gasteiger partial charge >= 0.3 is 0 Å². The normalized spacial score (nSPS) is 17.0. The number of aromatic nitrogens is 2. The molecule has 0 N–H and O–H groups in total. The second kappa shape index (κ2) is 3.41. The summed E-state index contributed by atoms with van der Waals surface area (Å²) in [5.74, 6) is 1.19. The van der Waals surface area contributed by atoms with Crippen LogP contribution in [0.1, 0.15) is 69.7 Å². The van der Waals surface area contributed by atoms with Crippen molar-refractivity contribution in [1.82, 2.24) is 9.78 Å². The van der Waals surface area contributed by atoms with Crippen LogP contribution in [0.5, 0.6) is 0 Å². The highest BCUT2D eigenvalue weighted by molar-refractivity contribution is 5.25. The third-order valence-electron chi connectivity index (χ3n) is 2.93. The first-order valence-corrected chi connectivity index (χ1v) is 5.68. The van der Waals surface area contributed by atoms with Gasteiger partial charge in [0.1, 0.15) is 0 Å². The van der Waals surface area contributed by atoms with E-state index >= 15 is 0 Å². The highest BCUT2D eigenvalue weighted by Gasteiger charge is 2.29. The van der Waals surface area contributed by atoms with Crippen LogP contribution in [0.15, 0.2) is 6.20 Å². The fourth-order valence-corrected chi connectivity index (χ4v) is 2.04. The molecule has 0 aliphatic heterocycles. The maximum Gasteiger partial charge on any atom is 0.0527 e. The molecule has 2 heteroatoms. The highest BCUT2D eigenvalue weighted by atomic mass is 15.3. The van der Waals surface area contributed by atoms with Gasteiger partial charge in [0, 0.05) is 5.69 Å². The summed E-state index contributed by atoms with van der Waals surface area (Å²) in [6, 6.07) is 0.708. The molecule has 1 aliphatic carbocycles. The number of hydrogen-bond donors (Lipinski definition) is 0. The zero-order valence-corrected chi connectivity index (χ0v) is 9.62. The van der Waals surface area contributed by atoms with Crippen molar-refractivity contribution in [1.29, 1.82) is 0 Å². The van der Waals surface area contributed by atoms with Crippen molar-refractivity contribution in [2.75, 3.05) is 0 Å². The molecule has 0 unspecified atom stereocenters. The standard InChI is InChI=1S/C12H20N2/c1-8(2)11-7-13-14(10-5-6-10)12(11)9(3)4/h7-10H,5-6H2,1-4H3. The van der Waals surface area contributed by atoms with Gasteiger partial charge in [-0.25, -0.2) is 0 Å². The van der Waals surface area contributed by atoms with Gasteiger partial charge in [-0.15, -0.1) is 0 Å². The fourth-order valence-electron chi connectivity index (χ4n) is 2.04. The van der Waals surface area contributed by atoms with Crippen molar-refractivity contribution in [3.63, 3.8) is 0 Å². The van der Waals surface area contributed by atoms with Crippen LogP contribution in [0, 0.1) is 0 Å². The third kappa shape index (κ3) is 1.58. The summed E-state index contributed by atoms with van der Waals surface area (Å²) in [7, 11) is 0. The van der Waals surface area contributed by atoms with Crippen LogP contribution in [0.4, 0.5) is 0 Å². The molecule has 1 aromatic heterocycles. The topological polar surface area (TPSA) is 17.8 Å². The molecular formula is C12H20N2. The van der Waals surface area contributed by atoms with E-state index in [0.29, 0.717) is 17.9 Å². The van der Waals surface area contributed by atoms with Gasteiger partial charge in [-0.2, -0.15) is 5.10 Å². The van der Waals surface area contributed by atoms with Gasteiger partial charge in [0.25, 0.3) is 0 Å². The SMILES string of the molecule is CC(C)c1cnn(C2CC2)c1C(C)C. The van der Waals surface area contributed by atoms with Gasteiger partial charge in [0.05, 0.1) is 12.2 Å². The molecule has 78 valence electrons. The summed E-state index contributed by atoms with van der Waals surface area (Å²) in [6.07, 6.45) is 4.70. The summed E-state index contributed by atoms with van der Waals surface area (Å²) in [4.78, 5) is 0. The lowest BCUT2D eigenvalue weighted by atomic mass is 9.98. The Morgan fingerprint density at radius 2 is 1.86 bits per heavy atom. The Morgan fingerprint density at radius 3 is 2.29 bits per heavy atom. The predicted octanol–water partition coefficient (Wildman–Crippen LogP) is 3.46. The van der Waals surface area contributed by atoms with Crippen molar-refractivity contribution in [3.05, 3.63) is 17.5 Å². The van der Waals surface area contributed by atoms with E-state index in [2.05, 4.69) is 43.7 Å². The predicted molar refractivity (Wildman–Crippen MR) is 58.7 cm³/mol. The maximum atomic E-state index is 4.54. The molecule has 0 saturated heterocycles. The summed E-state index contributed by atoms with van der Waals surface area (Å²) in [6.45, 7) is 9.03. The van der Waals surface area contributed by atoms with Gasteiger partial charge in [-0.1, -0.05) is 27.7 Å². The maximum absolute atomic E-state index is 4.54. The average Bonchev–Trinajstić information content (AvgIpc) is 2.83. The Kier molecular flexibility index (Phi) is 2.38. The molecule has 0 amide bonds. The van der Waals surface area contributed by atoms with Crippen molar-refractivity contribution in [2.24, 2.45) is 0 Å². The van der Waals surface area contributed by atoms with E-state index in [-0.39, 0.29) is 0 Å². The molecule has 0 spiro atoms. The van der Waals surface area contributed by atoms with Crippen LogP contribution < -0.4 is 0 Å². The first kappa shape index (κ1) is 9.75. The van der Waals surface area contributed by atoms with Crippen molar-refractivity contribution >= 4 is 0 Å². The lowest BCUT2D eigenvalue weighted by Crippen LogP contribution is -2.06. The zero-order valence-electron chi connectivity index (χ0n) is 9.62. The third-order valence-corrected chi connectivity index (χ3v) is 2.93. The molecule has 1 heterocycles. The van der Waals surface area contributed by atoms with Crippen molar-refractivity contribution < 1.29 is 0 Å². The smallest absolute Gasteiger partial charge is 0.0527 e. The summed E-state index contributed by atoms with van der Waals surface area (Å²) >= 11 is 0. The Morgan fingerprint density at radius 1 is 1.21 bits per heavy atom. The van der Waals surface area contributed by atoms with Gasteiger partial charge in [-0.05, 0) is 30.2 Å². The van der Waals surface area contributed by atoms with Crippen molar-refractivity contribution in [2.45, 2.75) is 58.4 Å². The minimum atomic E-state index is 0.593. The minimum absolute atomic E-state index is 0.593. The molecule has 1 fully saturated rings.